The lowest BCUT2D eigenvalue weighted by molar-refractivity contribution is 0.669. The van der Waals surface area contributed by atoms with Gasteiger partial charge in [-0.05, 0) is 63.2 Å². The highest BCUT2D eigenvalue weighted by Gasteiger charge is 2.30. The van der Waals surface area contributed by atoms with E-state index in [1.165, 1.54) is 33.4 Å². The second-order valence-electron chi connectivity index (χ2n) is 12.8. The van der Waals surface area contributed by atoms with Gasteiger partial charge in [-0.1, -0.05) is 146 Å². The van der Waals surface area contributed by atoms with Crippen LogP contribution in [0.25, 0.3) is 78.4 Å². The molecule has 2 aromatic heterocycles. The Hall–Kier alpha value is -6.65. The Kier molecular flexibility index (Phi) is 6.53. The van der Waals surface area contributed by atoms with E-state index in [2.05, 4.69) is 97.1 Å². The number of hydrogen-bond donors (Lipinski definition) is 0. The van der Waals surface area contributed by atoms with Crippen LogP contribution in [0.2, 0.25) is 0 Å². The van der Waals surface area contributed by atoms with E-state index in [1.807, 2.05) is 72.8 Å². The molecule has 9 aromatic rings. The fourth-order valence-electron chi connectivity index (χ4n) is 7.51. The fraction of sp³-hybridized carbons (Fsp3) is 0.0217. The van der Waals surface area contributed by atoms with Gasteiger partial charge in [0.2, 0.25) is 0 Å². The third kappa shape index (κ3) is 4.65. The molecular formula is C46H29N3O. The summed E-state index contributed by atoms with van der Waals surface area (Å²) in [7, 11) is 0. The molecule has 0 N–H and O–H groups in total. The molecule has 1 aliphatic carbocycles. The van der Waals surface area contributed by atoms with Crippen molar-refractivity contribution in [1.29, 1.82) is 0 Å². The van der Waals surface area contributed by atoms with Gasteiger partial charge in [-0.3, -0.25) is 0 Å². The zero-order valence-electron chi connectivity index (χ0n) is 27.0. The van der Waals surface area contributed by atoms with Crippen molar-refractivity contribution < 1.29 is 4.42 Å². The Labute approximate surface area is 289 Å². The number of nitrogens with zero attached hydrogens (tertiary/aromatic N) is 3. The molecule has 0 aliphatic heterocycles. The minimum Gasteiger partial charge on any atom is -0.456 e. The molecule has 0 amide bonds. The number of benzene rings is 7. The van der Waals surface area contributed by atoms with Crippen LogP contribution in [0, 0.1) is 0 Å². The van der Waals surface area contributed by atoms with Crippen LogP contribution in [0.4, 0.5) is 0 Å². The zero-order valence-corrected chi connectivity index (χ0v) is 27.0. The first-order valence-electron chi connectivity index (χ1n) is 16.9. The van der Waals surface area contributed by atoms with Crippen LogP contribution < -0.4 is 0 Å². The van der Waals surface area contributed by atoms with Crippen LogP contribution >= 0.6 is 0 Å². The Bertz CT molecular complexity index is 2640. The first kappa shape index (κ1) is 28.4. The largest absolute Gasteiger partial charge is 0.456 e. The number of fused-ring (bicyclic) bond motifs is 6. The average molecular weight is 640 g/mol. The van der Waals surface area contributed by atoms with Crippen molar-refractivity contribution in [2.24, 2.45) is 0 Å². The zero-order chi connectivity index (χ0) is 33.0. The molecule has 1 unspecified atom stereocenters. The van der Waals surface area contributed by atoms with Crippen molar-refractivity contribution >= 4 is 21.9 Å². The van der Waals surface area contributed by atoms with Gasteiger partial charge in [0.25, 0.3) is 0 Å². The Morgan fingerprint density at radius 1 is 0.380 bits per heavy atom. The number of hydrogen-bond acceptors (Lipinski definition) is 4. The highest BCUT2D eigenvalue weighted by Crippen LogP contribution is 2.49. The molecule has 0 radical (unpaired) electrons. The van der Waals surface area contributed by atoms with E-state index in [1.54, 1.807) is 0 Å². The van der Waals surface area contributed by atoms with Gasteiger partial charge in [-0.25, -0.2) is 15.0 Å². The Balaban J connectivity index is 1.14. The van der Waals surface area contributed by atoms with E-state index in [0.717, 1.165) is 44.2 Å². The molecule has 234 valence electrons. The molecule has 10 rings (SSSR count). The standard InChI is InChI=1S/C46H29N3O/c1-4-13-29(14-5-1)42-35-20-11-10-19-34(35)38-27-32(23-25-36(38)42)33-24-26-40-39(28-33)43-37(21-12-22-41(43)50-40)46-48-44(30-15-6-2-7-16-30)47-45(49-46)31-17-8-3-9-18-31/h1-28,42H. The highest BCUT2D eigenvalue weighted by atomic mass is 16.3. The van der Waals surface area contributed by atoms with Gasteiger partial charge in [0.1, 0.15) is 11.2 Å². The molecular weight excluding hydrogens is 611 g/mol. The summed E-state index contributed by atoms with van der Waals surface area (Å²) in [6.45, 7) is 0. The van der Waals surface area contributed by atoms with E-state index >= 15 is 0 Å². The maximum Gasteiger partial charge on any atom is 0.164 e. The van der Waals surface area contributed by atoms with Crippen LogP contribution in [0.5, 0.6) is 0 Å². The van der Waals surface area contributed by atoms with E-state index < -0.39 is 0 Å². The molecule has 2 heterocycles. The molecule has 0 spiro atoms. The highest BCUT2D eigenvalue weighted by molar-refractivity contribution is 6.12. The van der Waals surface area contributed by atoms with E-state index in [-0.39, 0.29) is 5.92 Å². The van der Waals surface area contributed by atoms with Crippen LogP contribution in [0.1, 0.15) is 22.6 Å². The van der Waals surface area contributed by atoms with Gasteiger partial charge in [0.15, 0.2) is 17.5 Å². The van der Waals surface area contributed by atoms with Crippen LogP contribution in [-0.4, -0.2) is 15.0 Å². The lowest BCUT2D eigenvalue weighted by atomic mass is 9.89. The van der Waals surface area contributed by atoms with Crippen LogP contribution in [0.15, 0.2) is 174 Å². The van der Waals surface area contributed by atoms with Crippen molar-refractivity contribution in [1.82, 2.24) is 15.0 Å². The molecule has 0 saturated carbocycles. The molecule has 0 bridgehead atoms. The second kappa shape index (κ2) is 11.5. The predicted octanol–water partition coefficient (Wildman–Crippen LogP) is 11.6. The SMILES string of the molecule is c1ccc(-c2nc(-c3ccccc3)nc(-c3cccc4oc5ccc(-c6ccc7c(c6)-c6ccccc6C7c6ccccc6)cc5c34)n2)cc1. The smallest absolute Gasteiger partial charge is 0.164 e. The van der Waals surface area contributed by atoms with Crippen LogP contribution in [0.3, 0.4) is 0 Å². The summed E-state index contributed by atoms with van der Waals surface area (Å²) in [5, 5.41) is 2.02. The van der Waals surface area contributed by atoms with E-state index in [4.69, 9.17) is 19.4 Å². The molecule has 7 aromatic carbocycles. The Morgan fingerprint density at radius 3 is 1.70 bits per heavy atom. The maximum absolute atomic E-state index is 6.45. The number of furan rings is 1. The summed E-state index contributed by atoms with van der Waals surface area (Å²) in [5.41, 5.74) is 13.3. The summed E-state index contributed by atoms with van der Waals surface area (Å²) in [4.78, 5) is 15.0. The van der Waals surface area contributed by atoms with E-state index in [9.17, 15) is 0 Å². The molecule has 0 saturated heterocycles. The van der Waals surface area contributed by atoms with Crippen molar-refractivity contribution in [2.45, 2.75) is 5.92 Å². The van der Waals surface area contributed by atoms with E-state index in [0.29, 0.717) is 17.5 Å². The predicted molar refractivity (Wildman–Crippen MR) is 202 cm³/mol. The monoisotopic (exact) mass is 639 g/mol. The second-order valence-corrected chi connectivity index (χ2v) is 12.8. The van der Waals surface area contributed by atoms with Gasteiger partial charge < -0.3 is 4.42 Å². The van der Waals surface area contributed by atoms with Crippen molar-refractivity contribution in [3.8, 4) is 56.4 Å². The average Bonchev–Trinajstić information content (AvgIpc) is 3.74. The summed E-state index contributed by atoms with van der Waals surface area (Å²) in [5.74, 6) is 2.10. The van der Waals surface area contributed by atoms with Gasteiger partial charge in [-0.2, -0.15) is 0 Å². The molecule has 4 heteroatoms. The van der Waals surface area contributed by atoms with Gasteiger partial charge in [-0.15, -0.1) is 0 Å². The lowest BCUT2D eigenvalue weighted by Gasteiger charge is -2.14. The summed E-state index contributed by atoms with van der Waals surface area (Å²) >= 11 is 0. The van der Waals surface area contributed by atoms with Gasteiger partial charge in [0, 0.05) is 33.4 Å². The number of aromatic nitrogens is 3. The van der Waals surface area contributed by atoms with Gasteiger partial charge >= 0.3 is 0 Å². The fourth-order valence-corrected chi connectivity index (χ4v) is 7.51. The third-order valence-electron chi connectivity index (χ3n) is 9.83. The molecule has 1 atom stereocenters. The third-order valence-corrected chi connectivity index (χ3v) is 9.83. The first-order valence-corrected chi connectivity index (χ1v) is 16.9. The summed E-state index contributed by atoms with van der Waals surface area (Å²) in [6.07, 6.45) is 0. The van der Waals surface area contributed by atoms with Crippen LogP contribution in [-0.2, 0) is 0 Å². The minimum absolute atomic E-state index is 0.223. The summed E-state index contributed by atoms with van der Waals surface area (Å²) in [6, 6.07) is 59.3. The molecule has 4 nitrogen and oxygen atoms in total. The molecule has 0 fully saturated rings. The maximum atomic E-state index is 6.45. The Morgan fingerprint density at radius 2 is 0.960 bits per heavy atom. The quantitative estimate of drug-likeness (QED) is 0.188. The first-order chi connectivity index (χ1) is 24.8. The topological polar surface area (TPSA) is 51.8 Å². The number of rotatable bonds is 5. The van der Waals surface area contributed by atoms with Gasteiger partial charge in [0.05, 0.1) is 0 Å². The van der Waals surface area contributed by atoms with Crippen molar-refractivity contribution in [3.63, 3.8) is 0 Å². The minimum atomic E-state index is 0.223. The van der Waals surface area contributed by atoms with Crippen molar-refractivity contribution in [3.05, 3.63) is 187 Å². The lowest BCUT2D eigenvalue weighted by Crippen LogP contribution is -2.00. The summed E-state index contributed by atoms with van der Waals surface area (Å²) < 4.78 is 6.45. The molecule has 50 heavy (non-hydrogen) atoms. The molecule has 1 aliphatic rings. The normalized spacial score (nSPS) is 13.4. The van der Waals surface area contributed by atoms with Crippen molar-refractivity contribution in [2.75, 3.05) is 0 Å².